The number of ether oxygens (including phenoxy) is 3. The number of carbonyl (C=O) groups excluding carboxylic acids is 1. The lowest BCUT2D eigenvalue weighted by Gasteiger charge is -2.13. The number of benzene rings is 3. The molecule has 0 bridgehead atoms. The average molecular weight is 486 g/mol. The summed E-state index contributed by atoms with van der Waals surface area (Å²) in [4.78, 5) is 17.8. The normalized spacial score (nSPS) is 11.6. The van der Waals surface area contributed by atoms with Crippen LogP contribution >= 0.6 is 12.2 Å². The van der Waals surface area contributed by atoms with Crippen molar-refractivity contribution in [3.8, 4) is 23.0 Å². The molecular weight excluding hydrogens is 458 g/mol. The summed E-state index contributed by atoms with van der Waals surface area (Å²) in [6.07, 6.45) is 2.56. The molecule has 0 saturated heterocycles. The minimum atomic E-state index is -0.168. The van der Waals surface area contributed by atoms with Gasteiger partial charge in [-0.1, -0.05) is 61.6 Å². The molecule has 4 aromatic rings. The molecule has 0 spiro atoms. The van der Waals surface area contributed by atoms with Gasteiger partial charge in [0, 0.05) is 41.3 Å². The van der Waals surface area contributed by atoms with Gasteiger partial charge in [0.1, 0.15) is 17.3 Å². The fourth-order valence-corrected chi connectivity index (χ4v) is 4.21. The van der Waals surface area contributed by atoms with Crippen molar-refractivity contribution in [2.45, 2.75) is 25.7 Å². The van der Waals surface area contributed by atoms with Crippen LogP contribution in [0.3, 0.4) is 0 Å². The number of carbonyl (C=O) groups is 1. The number of aromatic nitrogens is 1. The predicted molar refractivity (Wildman–Crippen MR) is 142 cm³/mol. The molecule has 0 aliphatic heterocycles. The minimum absolute atomic E-state index is 0.137. The summed E-state index contributed by atoms with van der Waals surface area (Å²) < 4.78 is 16.9. The summed E-state index contributed by atoms with van der Waals surface area (Å²) in [5.74, 6) is 2.55. The number of thiocarbonyl (C=S) groups is 1. The number of rotatable bonds is 10. The summed E-state index contributed by atoms with van der Waals surface area (Å²) >= 11 is 5.54. The van der Waals surface area contributed by atoms with E-state index in [9.17, 15) is 4.79 Å². The molecule has 5 nitrogen and oxygen atoms in total. The summed E-state index contributed by atoms with van der Waals surface area (Å²) in [5.41, 5.74) is 2.80. The van der Waals surface area contributed by atoms with E-state index >= 15 is 0 Å². The van der Waals surface area contributed by atoms with E-state index in [4.69, 9.17) is 26.4 Å². The van der Waals surface area contributed by atoms with Crippen molar-refractivity contribution in [3.63, 3.8) is 0 Å². The lowest BCUT2D eigenvalue weighted by atomic mass is 9.93. The SMILES string of the molecule is COc1cc2nccc(Oc3ccc(CC(=S)CC(=O)[C@H](C)c4ccccc4)cc3)c2cc1OC. The van der Waals surface area contributed by atoms with E-state index < -0.39 is 0 Å². The van der Waals surface area contributed by atoms with Crippen molar-refractivity contribution in [3.05, 3.63) is 90.1 Å². The van der Waals surface area contributed by atoms with E-state index in [2.05, 4.69) is 4.98 Å². The standard InChI is InChI=1S/C29H27NO4S/c1-19(21-7-5-4-6-8-21)26(31)16-23(35)15-20-9-11-22(12-10-20)34-27-13-14-30-25-18-29(33-3)28(32-2)17-24(25)27/h4-14,17-19H,15-16H2,1-3H3/t19-/m1/s1. The Morgan fingerprint density at radius 2 is 1.60 bits per heavy atom. The third-order valence-electron chi connectivity index (χ3n) is 5.91. The third-order valence-corrected chi connectivity index (χ3v) is 6.20. The van der Waals surface area contributed by atoms with E-state index in [0.29, 0.717) is 29.4 Å². The van der Waals surface area contributed by atoms with Crippen molar-refractivity contribution in [1.29, 1.82) is 0 Å². The molecule has 0 N–H and O–H groups in total. The number of methoxy groups -OCH3 is 2. The Kier molecular flexibility index (Phi) is 7.73. The highest BCUT2D eigenvalue weighted by atomic mass is 32.1. The Morgan fingerprint density at radius 1 is 0.914 bits per heavy atom. The van der Waals surface area contributed by atoms with E-state index in [1.54, 1.807) is 20.4 Å². The molecule has 1 heterocycles. The van der Waals surface area contributed by atoms with Crippen LogP contribution in [-0.4, -0.2) is 29.9 Å². The zero-order valence-corrected chi connectivity index (χ0v) is 20.8. The van der Waals surface area contributed by atoms with Gasteiger partial charge >= 0.3 is 0 Å². The first-order valence-electron chi connectivity index (χ1n) is 11.4. The van der Waals surface area contributed by atoms with Crippen molar-refractivity contribution < 1.29 is 19.0 Å². The van der Waals surface area contributed by atoms with Gasteiger partial charge in [0.05, 0.1) is 19.7 Å². The Balaban J connectivity index is 1.42. The first-order valence-corrected chi connectivity index (χ1v) is 11.8. The molecular formula is C29H27NO4S. The van der Waals surface area contributed by atoms with Crippen LogP contribution in [0, 0.1) is 0 Å². The number of Topliss-reactive ketones (excluding diaryl/α,β-unsaturated/α-hetero) is 1. The average Bonchev–Trinajstić information content (AvgIpc) is 2.89. The molecule has 0 amide bonds. The van der Waals surface area contributed by atoms with Crippen LogP contribution in [0.15, 0.2) is 79.0 Å². The van der Waals surface area contributed by atoms with Crippen LogP contribution in [0.25, 0.3) is 10.9 Å². The van der Waals surface area contributed by atoms with Crippen LogP contribution in [-0.2, 0) is 11.2 Å². The van der Waals surface area contributed by atoms with Gasteiger partial charge in [-0.05, 0) is 35.4 Å². The maximum atomic E-state index is 12.7. The fourth-order valence-electron chi connectivity index (χ4n) is 3.90. The van der Waals surface area contributed by atoms with Gasteiger partial charge in [-0.15, -0.1) is 0 Å². The summed E-state index contributed by atoms with van der Waals surface area (Å²) in [6.45, 7) is 1.93. The van der Waals surface area contributed by atoms with E-state index in [-0.39, 0.29) is 18.1 Å². The molecule has 0 fully saturated rings. The van der Waals surface area contributed by atoms with Crippen molar-refractivity contribution in [2.75, 3.05) is 14.2 Å². The van der Waals surface area contributed by atoms with E-state index in [1.807, 2.05) is 79.7 Å². The van der Waals surface area contributed by atoms with E-state index in [1.165, 1.54) is 0 Å². The predicted octanol–water partition coefficient (Wildman–Crippen LogP) is 6.72. The number of hydrogen-bond acceptors (Lipinski definition) is 6. The largest absolute Gasteiger partial charge is 0.493 e. The number of nitrogens with zero attached hydrogens (tertiary/aromatic N) is 1. The van der Waals surface area contributed by atoms with Crippen LogP contribution < -0.4 is 14.2 Å². The summed E-state index contributed by atoms with van der Waals surface area (Å²) in [7, 11) is 3.19. The quantitative estimate of drug-likeness (QED) is 0.232. The second kappa shape index (κ2) is 11.1. The zero-order chi connectivity index (χ0) is 24.8. The lowest BCUT2D eigenvalue weighted by Crippen LogP contribution is -2.14. The molecule has 0 aliphatic carbocycles. The maximum Gasteiger partial charge on any atom is 0.162 e. The molecule has 178 valence electrons. The Labute approximate surface area is 210 Å². The molecule has 4 rings (SSSR count). The molecule has 6 heteroatoms. The molecule has 1 aromatic heterocycles. The molecule has 35 heavy (non-hydrogen) atoms. The molecule has 3 aromatic carbocycles. The zero-order valence-electron chi connectivity index (χ0n) is 20.0. The first-order chi connectivity index (χ1) is 17.0. The Bertz CT molecular complexity index is 1340. The fraction of sp³-hybridized carbons (Fsp3) is 0.207. The molecule has 0 saturated carbocycles. The third kappa shape index (κ3) is 5.84. The van der Waals surface area contributed by atoms with Crippen molar-refractivity contribution >= 4 is 33.8 Å². The molecule has 0 radical (unpaired) electrons. The van der Waals surface area contributed by atoms with Gasteiger partial charge in [0.15, 0.2) is 11.5 Å². The topological polar surface area (TPSA) is 57.7 Å². The highest BCUT2D eigenvalue weighted by Crippen LogP contribution is 2.36. The first kappa shape index (κ1) is 24.4. The number of hydrogen-bond donors (Lipinski definition) is 0. The van der Waals surface area contributed by atoms with Gasteiger partial charge in [-0.25, -0.2) is 0 Å². The monoisotopic (exact) mass is 485 g/mol. The van der Waals surface area contributed by atoms with Gasteiger partial charge in [-0.2, -0.15) is 0 Å². The van der Waals surface area contributed by atoms with Crippen molar-refractivity contribution in [1.82, 2.24) is 4.98 Å². The summed E-state index contributed by atoms with van der Waals surface area (Å²) in [5, 5.41) is 0.821. The van der Waals surface area contributed by atoms with Crippen LogP contribution in [0.1, 0.15) is 30.4 Å². The van der Waals surface area contributed by atoms with Crippen LogP contribution in [0.2, 0.25) is 0 Å². The number of ketones is 1. The maximum absolute atomic E-state index is 12.7. The van der Waals surface area contributed by atoms with Crippen LogP contribution in [0.5, 0.6) is 23.0 Å². The van der Waals surface area contributed by atoms with Gasteiger partial charge in [0.25, 0.3) is 0 Å². The summed E-state index contributed by atoms with van der Waals surface area (Å²) in [6, 6.07) is 23.0. The highest BCUT2D eigenvalue weighted by Gasteiger charge is 2.17. The minimum Gasteiger partial charge on any atom is -0.493 e. The number of fused-ring (bicyclic) bond motifs is 1. The van der Waals surface area contributed by atoms with Gasteiger partial charge < -0.3 is 14.2 Å². The van der Waals surface area contributed by atoms with Crippen molar-refractivity contribution in [2.24, 2.45) is 0 Å². The molecule has 0 aliphatic rings. The number of pyridine rings is 1. The highest BCUT2D eigenvalue weighted by molar-refractivity contribution is 7.80. The van der Waals surface area contributed by atoms with Gasteiger partial charge in [-0.3, -0.25) is 9.78 Å². The second-order valence-electron chi connectivity index (χ2n) is 8.27. The smallest absolute Gasteiger partial charge is 0.162 e. The second-order valence-corrected chi connectivity index (χ2v) is 8.85. The molecule has 1 atom stereocenters. The van der Waals surface area contributed by atoms with Crippen LogP contribution in [0.4, 0.5) is 0 Å². The lowest BCUT2D eigenvalue weighted by molar-refractivity contribution is -0.118. The van der Waals surface area contributed by atoms with E-state index in [0.717, 1.165) is 26.9 Å². The Morgan fingerprint density at radius 3 is 2.29 bits per heavy atom. The van der Waals surface area contributed by atoms with Gasteiger partial charge in [0.2, 0.25) is 0 Å². The molecule has 0 unspecified atom stereocenters. The Hall–Kier alpha value is -3.77.